The Morgan fingerprint density at radius 3 is 2.12 bits per heavy atom. The maximum absolute atomic E-state index is 4.55. The second kappa shape index (κ2) is 3.59. The molecule has 0 bridgehead atoms. The van der Waals surface area contributed by atoms with E-state index in [1.165, 1.54) is 11.1 Å². The van der Waals surface area contributed by atoms with Gasteiger partial charge in [0.05, 0.1) is 17.4 Å². The Labute approximate surface area is 104 Å². The molecule has 0 atom stereocenters. The van der Waals surface area contributed by atoms with Gasteiger partial charge in [-0.3, -0.25) is 4.98 Å². The molecule has 0 radical (unpaired) electrons. The first-order chi connectivity index (χ1) is 7.68. The molecule has 17 heavy (non-hydrogen) atoms. The van der Waals surface area contributed by atoms with Crippen molar-refractivity contribution in [3.05, 3.63) is 35.9 Å². The van der Waals surface area contributed by atoms with E-state index in [1.807, 2.05) is 6.20 Å². The summed E-state index contributed by atoms with van der Waals surface area (Å²) in [7, 11) is 0. The highest BCUT2D eigenvalue weighted by molar-refractivity contribution is 5.50. The van der Waals surface area contributed by atoms with Gasteiger partial charge in [0.2, 0.25) is 0 Å². The molecule has 0 aliphatic carbocycles. The molecule has 2 heteroatoms. The lowest BCUT2D eigenvalue weighted by atomic mass is 9.89. The molecule has 92 valence electrons. The molecular formula is C15H22N2. The predicted octanol–water partition coefficient (Wildman–Crippen LogP) is 3.93. The molecular weight excluding hydrogens is 208 g/mol. The summed E-state index contributed by atoms with van der Waals surface area (Å²) in [6.07, 6.45) is 6.33. The minimum absolute atomic E-state index is 0.0976. The van der Waals surface area contributed by atoms with E-state index in [-0.39, 0.29) is 10.8 Å². The van der Waals surface area contributed by atoms with Gasteiger partial charge in [-0.25, -0.2) is 0 Å². The molecule has 2 rings (SSSR count). The summed E-state index contributed by atoms with van der Waals surface area (Å²) in [5, 5.41) is 0. The van der Waals surface area contributed by atoms with Crippen LogP contribution in [0.4, 0.5) is 0 Å². The standard InChI is InChI=1S/C15H22N2/c1-14(2,3)11-7-12-8-16-13(15(4,5)6)10-17(12)9-11/h7-10H,1-6H3. The lowest BCUT2D eigenvalue weighted by Gasteiger charge is -2.17. The average Bonchev–Trinajstić information content (AvgIpc) is 2.57. The fourth-order valence-corrected chi connectivity index (χ4v) is 1.81. The third-order valence-electron chi connectivity index (χ3n) is 3.11. The molecule has 0 N–H and O–H groups in total. The monoisotopic (exact) mass is 230 g/mol. The third kappa shape index (κ3) is 2.36. The highest BCUT2D eigenvalue weighted by Crippen LogP contribution is 2.26. The van der Waals surface area contributed by atoms with Crippen LogP contribution < -0.4 is 0 Å². The van der Waals surface area contributed by atoms with Crippen molar-refractivity contribution in [2.45, 2.75) is 52.4 Å². The average molecular weight is 230 g/mol. The van der Waals surface area contributed by atoms with Gasteiger partial charge in [0.1, 0.15) is 0 Å². The van der Waals surface area contributed by atoms with E-state index in [1.54, 1.807) is 0 Å². The van der Waals surface area contributed by atoms with Gasteiger partial charge in [0, 0.05) is 17.8 Å². The van der Waals surface area contributed by atoms with Crippen LogP contribution in [0.1, 0.15) is 52.8 Å². The van der Waals surface area contributed by atoms with Crippen molar-refractivity contribution in [3.8, 4) is 0 Å². The molecule has 0 spiro atoms. The number of nitrogens with zero attached hydrogens (tertiary/aromatic N) is 2. The number of hydrogen-bond donors (Lipinski definition) is 0. The van der Waals surface area contributed by atoms with E-state index in [9.17, 15) is 0 Å². The molecule has 0 aliphatic heterocycles. The minimum Gasteiger partial charge on any atom is -0.320 e. The van der Waals surface area contributed by atoms with Gasteiger partial charge in [-0.05, 0) is 17.0 Å². The molecule has 2 aromatic rings. The molecule has 2 heterocycles. The SMILES string of the molecule is CC(C)(C)c1cc2cnc(C(C)(C)C)cn2c1. The summed E-state index contributed by atoms with van der Waals surface area (Å²) in [6, 6.07) is 2.22. The van der Waals surface area contributed by atoms with Gasteiger partial charge in [-0.2, -0.15) is 0 Å². The maximum atomic E-state index is 4.55. The van der Waals surface area contributed by atoms with E-state index >= 15 is 0 Å². The van der Waals surface area contributed by atoms with E-state index in [4.69, 9.17) is 0 Å². The Balaban J connectivity index is 2.56. The highest BCUT2D eigenvalue weighted by atomic mass is 14.9. The van der Waals surface area contributed by atoms with Gasteiger partial charge in [-0.15, -0.1) is 0 Å². The normalized spacial score (nSPS) is 13.3. The molecule has 0 unspecified atom stereocenters. The smallest absolute Gasteiger partial charge is 0.0637 e. The first kappa shape index (κ1) is 12.2. The van der Waals surface area contributed by atoms with E-state index in [2.05, 4.69) is 69.4 Å². The second-order valence-electron chi connectivity index (χ2n) is 6.83. The zero-order valence-electron chi connectivity index (χ0n) is 11.7. The van der Waals surface area contributed by atoms with Crippen molar-refractivity contribution in [1.82, 2.24) is 9.38 Å². The van der Waals surface area contributed by atoms with Crippen molar-refractivity contribution in [2.75, 3.05) is 0 Å². The van der Waals surface area contributed by atoms with Crippen molar-refractivity contribution in [3.63, 3.8) is 0 Å². The summed E-state index contributed by atoms with van der Waals surface area (Å²) >= 11 is 0. The largest absolute Gasteiger partial charge is 0.320 e. The molecule has 0 saturated heterocycles. The van der Waals surface area contributed by atoms with Gasteiger partial charge < -0.3 is 4.40 Å². The van der Waals surface area contributed by atoms with Gasteiger partial charge in [-0.1, -0.05) is 41.5 Å². The minimum atomic E-state index is 0.0976. The van der Waals surface area contributed by atoms with Crippen molar-refractivity contribution in [1.29, 1.82) is 0 Å². The Hall–Kier alpha value is -1.31. The molecule has 0 aliphatic rings. The van der Waals surface area contributed by atoms with Crippen molar-refractivity contribution in [2.24, 2.45) is 0 Å². The molecule has 0 amide bonds. The van der Waals surface area contributed by atoms with Crippen LogP contribution >= 0.6 is 0 Å². The van der Waals surface area contributed by atoms with Crippen LogP contribution in [-0.4, -0.2) is 9.38 Å². The summed E-state index contributed by atoms with van der Waals surface area (Å²) in [5.74, 6) is 0. The highest BCUT2D eigenvalue weighted by Gasteiger charge is 2.18. The molecule has 2 nitrogen and oxygen atoms in total. The Morgan fingerprint density at radius 2 is 1.59 bits per heavy atom. The van der Waals surface area contributed by atoms with Crippen molar-refractivity contribution >= 4 is 5.52 Å². The first-order valence-corrected chi connectivity index (χ1v) is 6.17. The van der Waals surface area contributed by atoms with Gasteiger partial charge in [0.15, 0.2) is 0 Å². The van der Waals surface area contributed by atoms with Crippen LogP contribution in [0.5, 0.6) is 0 Å². The van der Waals surface area contributed by atoms with Gasteiger partial charge >= 0.3 is 0 Å². The second-order valence-corrected chi connectivity index (χ2v) is 6.83. The van der Waals surface area contributed by atoms with Crippen LogP contribution in [-0.2, 0) is 10.8 Å². The lowest BCUT2D eigenvalue weighted by molar-refractivity contribution is 0.564. The zero-order valence-corrected chi connectivity index (χ0v) is 11.7. The predicted molar refractivity (Wildman–Crippen MR) is 72.6 cm³/mol. The number of hydrogen-bond acceptors (Lipinski definition) is 1. The fraction of sp³-hybridized carbons (Fsp3) is 0.533. The maximum Gasteiger partial charge on any atom is 0.0637 e. The van der Waals surface area contributed by atoms with Crippen LogP contribution in [0.15, 0.2) is 24.7 Å². The van der Waals surface area contributed by atoms with E-state index in [0.29, 0.717) is 0 Å². The molecule has 2 aromatic heterocycles. The molecule has 0 fully saturated rings. The lowest BCUT2D eigenvalue weighted by Crippen LogP contribution is -2.14. The quantitative estimate of drug-likeness (QED) is 0.670. The number of rotatable bonds is 0. The van der Waals surface area contributed by atoms with Gasteiger partial charge in [0.25, 0.3) is 0 Å². The van der Waals surface area contributed by atoms with E-state index in [0.717, 1.165) is 5.69 Å². The Kier molecular flexibility index (Phi) is 2.57. The summed E-state index contributed by atoms with van der Waals surface area (Å²) in [6.45, 7) is 13.3. The number of aromatic nitrogens is 2. The van der Waals surface area contributed by atoms with Crippen LogP contribution in [0.3, 0.4) is 0 Å². The Bertz CT molecular complexity index is 524. The Morgan fingerprint density at radius 1 is 0.941 bits per heavy atom. The van der Waals surface area contributed by atoms with Crippen molar-refractivity contribution < 1.29 is 0 Å². The van der Waals surface area contributed by atoms with E-state index < -0.39 is 0 Å². The summed E-state index contributed by atoms with van der Waals surface area (Å²) < 4.78 is 2.19. The van der Waals surface area contributed by atoms with Crippen LogP contribution in [0.25, 0.3) is 5.52 Å². The zero-order chi connectivity index (χ0) is 12.8. The third-order valence-corrected chi connectivity index (χ3v) is 3.11. The van der Waals surface area contributed by atoms with Crippen LogP contribution in [0.2, 0.25) is 0 Å². The summed E-state index contributed by atoms with van der Waals surface area (Å²) in [4.78, 5) is 4.55. The number of fused-ring (bicyclic) bond motifs is 1. The topological polar surface area (TPSA) is 17.3 Å². The summed E-state index contributed by atoms with van der Waals surface area (Å²) in [5.41, 5.74) is 3.93. The fourth-order valence-electron chi connectivity index (χ4n) is 1.81. The molecule has 0 aromatic carbocycles. The van der Waals surface area contributed by atoms with Crippen LogP contribution in [0, 0.1) is 0 Å². The first-order valence-electron chi connectivity index (χ1n) is 6.17. The molecule has 0 saturated carbocycles.